The summed E-state index contributed by atoms with van der Waals surface area (Å²) in [5, 5.41) is 4.22. The van der Waals surface area contributed by atoms with Gasteiger partial charge in [-0.25, -0.2) is 4.98 Å². The van der Waals surface area contributed by atoms with Gasteiger partial charge in [0.25, 0.3) is 0 Å². The summed E-state index contributed by atoms with van der Waals surface area (Å²) in [6, 6.07) is 6.34. The van der Waals surface area contributed by atoms with Crippen molar-refractivity contribution >= 4 is 22.6 Å². The molecule has 1 fully saturated rings. The average Bonchev–Trinajstić information content (AvgIpc) is 2.60. The van der Waals surface area contributed by atoms with E-state index < -0.39 is 0 Å². The first kappa shape index (κ1) is 14.8. The van der Waals surface area contributed by atoms with Gasteiger partial charge in [-0.1, -0.05) is 11.6 Å². The maximum atomic E-state index is 6.16. The Bertz CT molecular complexity index is 612. The zero-order chi connectivity index (χ0) is 14.8. The van der Waals surface area contributed by atoms with E-state index in [4.69, 9.17) is 16.6 Å². The fourth-order valence-electron chi connectivity index (χ4n) is 3.06. The molecule has 1 aromatic heterocycles. The van der Waals surface area contributed by atoms with Crippen LogP contribution in [0.25, 0.3) is 11.0 Å². The molecule has 0 unspecified atom stereocenters. The van der Waals surface area contributed by atoms with Crippen molar-refractivity contribution in [3.8, 4) is 0 Å². The molecule has 1 aliphatic heterocycles. The first-order valence-electron chi connectivity index (χ1n) is 7.74. The van der Waals surface area contributed by atoms with Gasteiger partial charge >= 0.3 is 0 Å². The minimum Gasteiger partial charge on any atom is -0.324 e. The van der Waals surface area contributed by atoms with Crippen LogP contribution in [0, 0.1) is 0 Å². The third kappa shape index (κ3) is 3.23. The smallest absolute Gasteiger partial charge is 0.124 e. The van der Waals surface area contributed by atoms with Gasteiger partial charge in [0.1, 0.15) is 5.82 Å². The molecular weight excluding hydrogens is 284 g/mol. The van der Waals surface area contributed by atoms with Crippen LogP contribution >= 0.6 is 11.6 Å². The second-order valence-corrected chi connectivity index (χ2v) is 6.44. The highest BCUT2D eigenvalue weighted by Crippen LogP contribution is 2.25. The highest BCUT2D eigenvalue weighted by Gasteiger charge is 2.17. The van der Waals surface area contributed by atoms with E-state index in [0.29, 0.717) is 6.04 Å². The van der Waals surface area contributed by atoms with Gasteiger partial charge < -0.3 is 9.88 Å². The molecule has 0 amide bonds. The van der Waals surface area contributed by atoms with Crippen molar-refractivity contribution in [2.24, 2.45) is 0 Å². The molecule has 3 rings (SSSR count). The zero-order valence-electron chi connectivity index (χ0n) is 12.8. The summed E-state index contributed by atoms with van der Waals surface area (Å²) in [7, 11) is 0. The molecular formula is C16H23ClN4. The standard InChI is InChI=1S/C16H23ClN4/c1-12(2)21-15-10-13(17)4-5-14(15)19-16(21)11-20-8-3-6-18-7-9-20/h4-5,10,12,18H,3,6-9,11H2,1-2H3. The van der Waals surface area contributed by atoms with Gasteiger partial charge in [-0.15, -0.1) is 0 Å². The second-order valence-electron chi connectivity index (χ2n) is 6.00. The topological polar surface area (TPSA) is 33.1 Å². The number of nitrogens with one attached hydrogen (secondary N) is 1. The van der Waals surface area contributed by atoms with Crippen LogP contribution in [0.15, 0.2) is 18.2 Å². The van der Waals surface area contributed by atoms with Crippen molar-refractivity contribution in [3.05, 3.63) is 29.0 Å². The molecule has 0 aliphatic carbocycles. The van der Waals surface area contributed by atoms with Crippen LogP contribution in [-0.4, -0.2) is 40.6 Å². The van der Waals surface area contributed by atoms with Gasteiger partial charge in [-0.2, -0.15) is 0 Å². The monoisotopic (exact) mass is 306 g/mol. The van der Waals surface area contributed by atoms with E-state index in [2.05, 4.69) is 28.6 Å². The zero-order valence-corrected chi connectivity index (χ0v) is 13.5. The SMILES string of the molecule is CC(C)n1c(CN2CCCNCC2)nc2ccc(Cl)cc21. The Labute approximate surface area is 131 Å². The molecule has 2 aromatic rings. The molecule has 0 radical (unpaired) electrons. The largest absolute Gasteiger partial charge is 0.324 e. The Morgan fingerprint density at radius 3 is 2.95 bits per heavy atom. The van der Waals surface area contributed by atoms with E-state index in [-0.39, 0.29) is 0 Å². The highest BCUT2D eigenvalue weighted by atomic mass is 35.5. The molecule has 0 atom stereocenters. The molecule has 0 spiro atoms. The lowest BCUT2D eigenvalue weighted by Gasteiger charge is -2.21. The second kappa shape index (κ2) is 6.34. The van der Waals surface area contributed by atoms with Gasteiger partial charge in [-0.3, -0.25) is 4.90 Å². The molecule has 4 nitrogen and oxygen atoms in total. The molecule has 5 heteroatoms. The lowest BCUT2D eigenvalue weighted by Crippen LogP contribution is -2.29. The molecule has 1 aromatic carbocycles. The van der Waals surface area contributed by atoms with Gasteiger partial charge in [0.15, 0.2) is 0 Å². The van der Waals surface area contributed by atoms with Gasteiger partial charge in [-0.05, 0) is 51.6 Å². The van der Waals surface area contributed by atoms with Gasteiger partial charge in [0.2, 0.25) is 0 Å². The van der Waals surface area contributed by atoms with E-state index in [9.17, 15) is 0 Å². The summed E-state index contributed by atoms with van der Waals surface area (Å²) in [5.41, 5.74) is 2.18. The highest BCUT2D eigenvalue weighted by molar-refractivity contribution is 6.31. The molecule has 114 valence electrons. The summed E-state index contributed by atoms with van der Waals surface area (Å²) < 4.78 is 2.32. The summed E-state index contributed by atoms with van der Waals surface area (Å²) in [4.78, 5) is 7.33. The summed E-state index contributed by atoms with van der Waals surface area (Å²) >= 11 is 6.16. The maximum Gasteiger partial charge on any atom is 0.124 e. The normalized spacial score (nSPS) is 17.5. The lowest BCUT2D eigenvalue weighted by atomic mass is 10.3. The number of rotatable bonds is 3. The van der Waals surface area contributed by atoms with Crippen LogP contribution < -0.4 is 5.32 Å². The number of hydrogen-bond acceptors (Lipinski definition) is 3. The number of aromatic nitrogens is 2. The first-order valence-corrected chi connectivity index (χ1v) is 8.12. The Morgan fingerprint density at radius 2 is 2.14 bits per heavy atom. The minimum atomic E-state index is 0.383. The van der Waals surface area contributed by atoms with E-state index in [1.165, 1.54) is 6.42 Å². The quantitative estimate of drug-likeness (QED) is 0.946. The third-order valence-electron chi connectivity index (χ3n) is 4.04. The molecule has 0 bridgehead atoms. The average molecular weight is 307 g/mol. The van der Waals surface area contributed by atoms with Gasteiger partial charge in [0, 0.05) is 24.2 Å². The Morgan fingerprint density at radius 1 is 1.29 bits per heavy atom. The van der Waals surface area contributed by atoms with Crippen LogP contribution in [0.5, 0.6) is 0 Å². The molecule has 1 saturated heterocycles. The van der Waals surface area contributed by atoms with Crippen LogP contribution in [0.4, 0.5) is 0 Å². The predicted octanol–water partition coefficient (Wildman–Crippen LogP) is 3.07. The molecule has 1 N–H and O–H groups in total. The molecule has 1 aliphatic rings. The predicted molar refractivity (Wildman–Crippen MR) is 87.9 cm³/mol. The van der Waals surface area contributed by atoms with Crippen molar-refractivity contribution in [1.29, 1.82) is 0 Å². The van der Waals surface area contributed by atoms with E-state index in [0.717, 1.165) is 54.6 Å². The number of hydrogen-bond donors (Lipinski definition) is 1. The Kier molecular flexibility index (Phi) is 4.48. The Hall–Kier alpha value is -1.10. The number of fused-ring (bicyclic) bond motifs is 1. The number of imidazole rings is 1. The lowest BCUT2D eigenvalue weighted by molar-refractivity contribution is 0.271. The molecule has 0 saturated carbocycles. The van der Waals surface area contributed by atoms with E-state index in [1.54, 1.807) is 0 Å². The third-order valence-corrected chi connectivity index (χ3v) is 4.27. The Balaban J connectivity index is 1.95. The van der Waals surface area contributed by atoms with Crippen LogP contribution in [0.1, 0.15) is 32.1 Å². The van der Waals surface area contributed by atoms with Crippen molar-refractivity contribution in [3.63, 3.8) is 0 Å². The van der Waals surface area contributed by atoms with Crippen LogP contribution in [0.3, 0.4) is 0 Å². The molecule has 21 heavy (non-hydrogen) atoms. The van der Waals surface area contributed by atoms with Gasteiger partial charge in [0.05, 0.1) is 17.6 Å². The van der Waals surface area contributed by atoms with E-state index >= 15 is 0 Å². The van der Waals surface area contributed by atoms with Crippen molar-refractivity contribution in [1.82, 2.24) is 19.8 Å². The summed E-state index contributed by atoms with van der Waals surface area (Å²) in [6.45, 7) is 9.72. The number of benzene rings is 1. The van der Waals surface area contributed by atoms with Crippen LogP contribution in [0.2, 0.25) is 5.02 Å². The number of nitrogens with zero attached hydrogens (tertiary/aromatic N) is 3. The summed E-state index contributed by atoms with van der Waals surface area (Å²) in [6.07, 6.45) is 1.20. The van der Waals surface area contributed by atoms with Crippen molar-refractivity contribution in [2.75, 3.05) is 26.2 Å². The fourth-order valence-corrected chi connectivity index (χ4v) is 3.23. The maximum absolute atomic E-state index is 6.16. The molecule has 2 heterocycles. The van der Waals surface area contributed by atoms with Crippen LogP contribution in [-0.2, 0) is 6.54 Å². The number of halogens is 1. The minimum absolute atomic E-state index is 0.383. The summed E-state index contributed by atoms with van der Waals surface area (Å²) in [5.74, 6) is 1.14. The first-order chi connectivity index (χ1) is 10.1. The van der Waals surface area contributed by atoms with Crippen molar-refractivity contribution in [2.45, 2.75) is 32.9 Å². The fraction of sp³-hybridized carbons (Fsp3) is 0.562. The van der Waals surface area contributed by atoms with E-state index in [1.807, 2.05) is 18.2 Å². The van der Waals surface area contributed by atoms with Crippen molar-refractivity contribution < 1.29 is 0 Å².